The summed E-state index contributed by atoms with van der Waals surface area (Å²) >= 11 is 6.10. The summed E-state index contributed by atoms with van der Waals surface area (Å²) in [5.74, 6) is 0.457. The molecule has 0 saturated carbocycles. The second-order valence-electron chi connectivity index (χ2n) is 7.18. The van der Waals surface area contributed by atoms with Crippen molar-refractivity contribution >= 4 is 40.1 Å². The number of pyridine rings is 1. The van der Waals surface area contributed by atoms with E-state index in [0.717, 1.165) is 6.07 Å². The van der Waals surface area contributed by atoms with Crippen LogP contribution in [0.15, 0.2) is 35.5 Å². The number of carbonyl (C=O) groups is 1. The van der Waals surface area contributed by atoms with Gasteiger partial charge in [-0.05, 0) is 39.8 Å². The number of benzene rings is 1. The summed E-state index contributed by atoms with van der Waals surface area (Å²) in [6, 6.07) is 5.51. The molecule has 0 bridgehead atoms. The Morgan fingerprint density at radius 3 is 2.75 bits per heavy atom. The van der Waals surface area contributed by atoms with Gasteiger partial charge in [-0.15, -0.1) is 0 Å². The fraction of sp³-hybridized carbons (Fsp3) is 0.316. The molecule has 28 heavy (non-hydrogen) atoms. The van der Waals surface area contributed by atoms with Gasteiger partial charge < -0.3 is 14.8 Å². The van der Waals surface area contributed by atoms with E-state index in [1.165, 1.54) is 12.1 Å². The topological polar surface area (TPSA) is 84.8 Å². The Kier molecular flexibility index (Phi) is 5.42. The van der Waals surface area contributed by atoms with E-state index in [4.69, 9.17) is 21.1 Å². The highest BCUT2D eigenvalue weighted by molar-refractivity contribution is 6.67. The molecule has 1 aliphatic heterocycles. The van der Waals surface area contributed by atoms with E-state index < -0.39 is 17.5 Å². The van der Waals surface area contributed by atoms with Crippen LogP contribution < -0.4 is 15.4 Å². The van der Waals surface area contributed by atoms with Gasteiger partial charge in [-0.1, -0.05) is 11.6 Å². The average molecular weight is 407 g/mol. The predicted molar refractivity (Wildman–Crippen MR) is 107 cm³/mol. The molecule has 1 amide bonds. The maximum absolute atomic E-state index is 14.4. The van der Waals surface area contributed by atoms with Gasteiger partial charge in [0, 0.05) is 18.3 Å². The highest BCUT2D eigenvalue weighted by Gasteiger charge is 2.22. The molecule has 3 rings (SSSR count). The van der Waals surface area contributed by atoms with Crippen LogP contribution in [0, 0.1) is 5.82 Å². The van der Waals surface area contributed by atoms with E-state index in [1.54, 1.807) is 33.0 Å². The number of anilines is 2. The summed E-state index contributed by atoms with van der Waals surface area (Å²) in [5, 5.41) is 5.84. The van der Waals surface area contributed by atoms with Gasteiger partial charge in [0.05, 0.1) is 11.7 Å². The molecule has 1 aliphatic rings. The second kappa shape index (κ2) is 7.63. The number of carbonyl (C=O) groups excluding carboxylic acids is 1. The zero-order valence-electron chi connectivity index (χ0n) is 15.8. The fourth-order valence-corrected chi connectivity index (χ4v) is 2.54. The summed E-state index contributed by atoms with van der Waals surface area (Å²) < 4.78 is 25.2. The van der Waals surface area contributed by atoms with E-state index in [-0.39, 0.29) is 17.5 Å². The van der Waals surface area contributed by atoms with Crippen LogP contribution in [0.2, 0.25) is 0 Å². The van der Waals surface area contributed by atoms with Crippen molar-refractivity contribution in [3.05, 3.63) is 36.3 Å². The maximum atomic E-state index is 14.4. The Balaban J connectivity index is 1.78. The number of nitrogens with one attached hydrogen (secondary N) is 2. The van der Waals surface area contributed by atoms with Crippen molar-refractivity contribution in [3.8, 4) is 11.5 Å². The van der Waals surface area contributed by atoms with E-state index in [2.05, 4.69) is 20.6 Å². The Morgan fingerprint density at radius 2 is 2.07 bits per heavy atom. The predicted octanol–water partition coefficient (Wildman–Crippen LogP) is 5.44. The lowest BCUT2D eigenvalue weighted by atomic mass is 10.2. The molecule has 0 saturated heterocycles. The van der Waals surface area contributed by atoms with Crippen molar-refractivity contribution in [3.63, 3.8) is 0 Å². The van der Waals surface area contributed by atoms with Gasteiger partial charge >= 0.3 is 6.09 Å². The number of hydrogen-bond acceptors (Lipinski definition) is 6. The van der Waals surface area contributed by atoms with Gasteiger partial charge in [-0.2, -0.15) is 0 Å². The molecule has 9 heteroatoms. The van der Waals surface area contributed by atoms with Gasteiger partial charge in [0.2, 0.25) is 0 Å². The van der Waals surface area contributed by atoms with Crippen molar-refractivity contribution in [1.29, 1.82) is 0 Å². The van der Waals surface area contributed by atoms with Crippen LogP contribution in [-0.4, -0.2) is 27.9 Å². The second-order valence-corrected chi connectivity index (χ2v) is 7.56. The molecule has 0 radical (unpaired) electrons. The first kappa shape index (κ1) is 19.9. The molecule has 7 nitrogen and oxygen atoms in total. The summed E-state index contributed by atoms with van der Waals surface area (Å²) in [5.41, 5.74) is -0.269. The van der Waals surface area contributed by atoms with Crippen LogP contribution in [0.3, 0.4) is 0 Å². The van der Waals surface area contributed by atoms with Gasteiger partial charge in [0.15, 0.2) is 17.4 Å². The number of halogens is 2. The first-order valence-corrected chi connectivity index (χ1v) is 8.97. The lowest BCUT2D eigenvalue weighted by Gasteiger charge is -2.21. The monoisotopic (exact) mass is 406 g/mol. The molecule has 0 spiro atoms. The van der Waals surface area contributed by atoms with Crippen molar-refractivity contribution in [2.75, 3.05) is 10.6 Å². The maximum Gasteiger partial charge on any atom is 0.412 e. The van der Waals surface area contributed by atoms with Crippen molar-refractivity contribution in [2.45, 2.75) is 39.3 Å². The number of aromatic nitrogens is 1. The van der Waals surface area contributed by atoms with E-state index in [1.807, 2.05) is 6.92 Å². The van der Waals surface area contributed by atoms with Gasteiger partial charge in [0.1, 0.15) is 22.2 Å². The molecule has 2 aromatic rings. The third kappa shape index (κ3) is 4.69. The zero-order valence-corrected chi connectivity index (χ0v) is 16.6. The van der Waals surface area contributed by atoms with Crippen molar-refractivity contribution in [2.24, 2.45) is 4.99 Å². The smallest absolute Gasteiger partial charge is 0.412 e. The Morgan fingerprint density at radius 1 is 1.32 bits per heavy atom. The molecule has 148 valence electrons. The minimum absolute atomic E-state index is 0.0186. The first-order chi connectivity index (χ1) is 13.1. The number of nitrogens with zero attached hydrogens (tertiary/aromatic N) is 2. The van der Waals surface area contributed by atoms with Crippen LogP contribution in [-0.2, 0) is 4.74 Å². The van der Waals surface area contributed by atoms with Gasteiger partial charge in [-0.25, -0.2) is 19.2 Å². The molecular formula is C19H20ClFN4O3. The normalized spacial score (nSPS) is 15.8. The van der Waals surface area contributed by atoms with E-state index in [9.17, 15) is 9.18 Å². The number of fused-ring (bicyclic) bond motifs is 1. The highest BCUT2D eigenvalue weighted by Crippen LogP contribution is 2.40. The lowest BCUT2D eigenvalue weighted by Crippen LogP contribution is -2.27. The summed E-state index contributed by atoms with van der Waals surface area (Å²) in [6.45, 7) is 7.02. The number of ether oxygens (including phenoxy) is 2. The first-order valence-electron chi connectivity index (χ1n) is 8.59. The standard InChI is InChI=1S/C19H20ClFN4O3/c1-10-16(20)25-15-14(7-8-22-17(15)23-10)27-11-5-6-13(12(21)9-11)24-18(26)28-19(2,3)4/h5-10H,1-4H3,(H,22,23)(H,24,26). The van der Waals surface area contributed by atoms with Gasteiger partial charge in [-0.3, -0.25) is 5.32 Å². The summed E-state index contributed by atoms with van der Waals surface area (Å²) in [4.78, 5) is 20.3. The van der Waals surface area contributed by atoms with Crippen LogP contribution in [0.4, 0.5) is 26.4 Å². The third-order valence-electron chi connectivity index (χ3n) is 3.62. The molecule has 0 aliphatic carbocycles. The Hall–Kier alpha value is -2.87. The highest BCUT2D eigenvalue weighted by atomic mass is 35.5. The van der Waals surface area contributed by atoms with Crippen LogP contribution in [0.1, 0.15) is 27.7 Å². The number of amides is 1. The zero-order chi connectivity index (χ0) is 20.5. The summed E-state index contributed by atoms with van der Waals surface area (Å²) in [7, 11) is 0. The largest absolute Gasteiger partial charge is 0.455 e. The minimum atomic E-state index is -0.743. The molecular weight excluding hydrogens is 387 g/mol. The Labute approximate surface area is 166 Å². The molecule has 2 N–H and O–H groups in total. The van der Waals surface area contributed by atoms with Crippen molar-refractivity contribution in [1.82, 2.24) is 4.98 Å². The average Bonchev–Trinajstić information content (AvgIpc) is 2.57. The van der Waals surface area contributed by atoms with Crippen LogP contribution in [0.5, 0.6) is 11.5 Å². The molecule has 1 atom stereocenters. The molecule has 0 fully saturated rings. The van der Waals surface area contributed by atoms with E-state index in [0.29, 0.717) is 22.4 Å². The van der Waals surface area contributed by atoms with Gasteiger partial charge in [0.25, 0.3) is 0 Å². The van der Waals surface area contributed by atoms with Crippen LogP contribution >= 0.6 is 11.6 Å². The molecule has 1 aromatic heterocycles. The Bertz CT molecular complexity index is 943. The minimum Gasteiger partial charge on any atom is -0.455 e. The lowest BCUT2D eigenvalue weighted by molar-refractivity contribution is 0.0635. The molecule has 2 heterocycles. The van der Waals surface area contributed by atoms with Crippen LogP contribution in [0.25, 0.3) is 0 Å². The third-order valence-corrected chi connectivity index (χ3v) is 4.03. The fourth-order valence-electron chi connectivity index (χ4n) is 2.40. The number of aliphatic imine (C=N–C) groups is 1. The summed E-state index contributed by atoms with van der Waals surface area (Å²) in [6.07, 6.45) is 0.810. The molecule has 1 aromatic carbocycles. The SMILES string of the molecule is CC1Nc2nccc(Oc3ccc(NC(=O)OC(C)(C)C)c(F)c3)c2N=C1Cl. The van der Waals surface area contributed by atoms with Crippen molar-refractivity contribution < 1.29 is 18.7 Å². The quantitative estimate of drug-likeness (QED) is 0.708. The number of hydrogen-bond donors (Lipinski definition) is 2. The number of rotatable bonds is 3. The van der Waals surface area contributed by atoms with E-state index >= 15 is 0 Å². The molecule has 1 unspecified atom stereocenters.